The molecule has 0 aliphatic heterocycles. The van der Waals surface area contributed by atoms with Crippen LogP contribution in [0.15, 0.2) is 18.3 Å². The fourth-order valence-corrected chi connectivity index (χ4v) is 2.33. The van der Waals surface area contributed by atoms with E-state index >= 15 is 0 Å². The average molecular weight is 235 g/mol. The highest BCUT2D eigenvalue weighted by molar-refractivity contribution is 5.84. The van der Waals surface area contributed by atoms with E-state index in [0.717, 1.165) is 12.1 Å². The molecule has 2 rings (SSSR count). The van der Waals surface area contributed by atoms with Crippen LogP contribution in [0.1, 0.15) is 44.3 Å². The molecule has 3 unspecified atom stereocenters. The minimum atomic E-state index is -0.846. The van der Waals surface area contributed by atoms with E-state index in [2.05, 4.69) is 0 Å². The summed E-state index contributed by atoms with van der Waals surface area (Å²) in [6.45, 7) is 3.53. The fourth-order valence-electron chi connectivity index (χ4n) is 2.33. The van der Waals surface area contributed by atoms with Crippen molar-refractivity contribution >= 4 is 11.8 Å². The number of aromatic nitrogens is 1. The van der Waals surface area contributed by atoms with E-state index in [4.69, 9.17) is 5.11 Å². The van der Waals surface area contributed by atoms with Crippen molar-refractivity contribution in [1.82, 2.24) is 4.57 Å². The second-order valence-corrected chi connectivity index (χ2v) is 4.62. The minimum absolute atomic E-state index is 0.106. The van der Waals surface area contributed by atoms with Crippen LogP contribution in [0.25, 0.3) is 0 Å². The number of Topliss-reactive ketones (excluding diaryl/α,β-unsaturated/α-hetero) is 1. The first kappa shape index (κ1) is 11.9. The van der Waals surface area contributed by atoms with Crippen LogP contribution in [0.4, 0.5) is 0 Å². The zero-order valence-corrected chi connectivity index (χ0v) is 10.1. The number of carbonyl (C=O) groups excluding carboxylic acids is 1. The zero-order chi connectivity index (χ0) is 12.6. The molecular formula is C13H17NO3. The molecule has 1 aromatic heterocycles. The number of ketones is 1. The maximum Gasteiger partial charge on any atom is 0.326 e. The molecule has 1 aromatic rings. The molecule has 3 atom stereocenters. The summed E-state index contributed by atoms with van der Waals surface area (Å²) in [4.78, 5) is 22.5. The summed E-state index contributed by atoms with van der Waals surface area (Å²) >= 11 is 0. The average Bonchev–Trinajstić information content (AvgIpc) is 2.96. The molecule has 0 saturated heterocycles. The molecule has 0 spiro atoms. The summed E-state index contributed by atoms with van der Waals surface area (Å²) in [5.41, 5.74) is 0.978. The standard InChI is InChI=1S/C13H17NO3/c1-3-12(15)10-7-9(10)11-5-4-6-14(11)8(2)13(16)17/h4-6,8-10H,3,7H2,1-2H3,(H,16,17). The van der Waals surface area contributed by atoms with Crippen LogP contribution in [0.5, 0.6) is 0 Å². The molecule has 0 bridgehead atoms. The molecule has 4 heteroatoms. The Bertz CT molecular complexity index is 449. The van der Waals surface area contributed by atoms with E-state index in [1.807, 2.05) is 19.1 Å². The molecule has 1 fully saturated rings. The summed E-state index contributed by atoms with van der Waals surface area (Å²) in [5.74, 6) is -0.235. The van der Waals surface area contributed by atoms with E-state index in [-0.39, 0.29) is 17.6 Å². The normalized spacial score (nSPS) is 24.4. The Hall–Kier alpha value is -1.58. The van der Waals surface area contributed by atoms with Crippen LogP contribution in [0.3, 0.4) is 0 Å². The van der Waals surface area contributed by atoms with E-state index < -0.39 is 12.0 Å². The lowest BCUT2D eigenvalue weighted by Crippen LogP contribution is -2.17. The van der Waals surface area contributed by atoms with Crippen molar-refractivity contribution in [2.75, 3.05) is 0 Å². The molecule has 1 N–H and O–H groups in total. The van der Waals surface area contributed by atoms with Gasteiger partial charge in [0, 0.05) is 30.1 Å². The van der Waals surface area contributed by atoms with Crippen molar-refractivity contribution < 1.29 is 14.7 Å². The van der Waals surface area contributed by atoms with Gasteiger partial charge in [0.1, 0.15) is 11.8 Å². The number of hydrogen-bond acceptors (Lipinski definition) is 2. The Kier molecular flexibility index (Phi) is 3.05. The first-order valence-corrected chi connectivity index (χ1v) is 5.98. The number of rotatable bonds is 5. The van der Waals surface area contributed by atoms with Gasteiger partial charge in [-0.3, -0.25) is 4.79 Å². The van der Waals surface area contributed by atoms with Crippen molar-refractivity contribution in [3.8, 4) is 0 Å². The molecule has 0 radical (unpaired) electrons. The molecule has 4 nitrogen and oxygen atoms in total. The number of carboxylic acid groups (broad SMARTS) is 1. The lowest BCUT2D eigenvalue weighted by molar-refractivity contribution is -0.140. The van der Waals surface area contributed by atoms with Crippen LogP contribution in [0.2, 0.25) is 0 Å². The molecular weight excluding hydrogens is 218 g/mol. The van der Waals surface area contributed by atoms with E-state index in [1.165, 1.54) is 0 Å². The van der Waals surface area contributed by atoms with Gasteiger partial charge in [0.05, 0.1) is 0 Å². The largest absolute Gasteiger partial charge is 0.480 e. The molecule has 17 heavy (non-hydrogen) atoms. The summed E-state index contributed by atoms with van der Waals surface area (Å²) in [6, 6.07) is 3.20. The minimum Gasteiger partial charge on any atom is -0.480 e. The smallest absolute Gasteiger partial charge is 0.326 e. The molecule has 1 heterocycles. The SMILES string of the molecule is CCC(=O)C1CC1c1cccn1C(C)C(=O)O. The topological polar surface area (TPSA) is 59.3 Å². The predicted octanol–water partition coefficient (Wildman–Crippen LogP) is 2.22. The lowest BCUT2D eigenvalue weighted by Gasteiger charge is -2.13. The van der Waals surface area contributed by atoms with Crippen LogP contribution < -0.4 is 0 Å². The highest BCUT2D eigenvalue weighted by Gasteiger charge is 2.44. The third-order valence-corrected chi connectivity index (χ3v) is 3.52. The van der Waals surface area contributed by atoms with Gasteiger partial charge in [-0.25, -0.2) is 4.79 Å². The molecule has 0 aromatic carbocycles. The Morgan fingerprint density at radius 2 is 2.29 bits per heavy atom. The molecule has 1 saturated carbocycles. The van der Waals surface area contributed by atoms with Gasteiger partial charge in [-0.2, -0.15) is 0 Å². The monoisotopic (exact) mass is 235 g/mol. The van der Waals surface area contributed by atoms with Crippen LogP contribution in [-0.2, 0) is 9.59 Å². The zero-order valence-electron chi connectivity index (χ0n) is 10.1. The first-order valence-electron chi connectivity index (χ1n) is 5.98. The second kappa shape index (κ2) is 4.35. The van der Waals surface area contributed by atoms with Gasteiger partial charge >= 0.3 is 5.97 Å². The predicted molar refractivity (Wildman–Crippen MR) is 62.9 cm³/mol. The van der Waals surface area contributed by atoms with Crippen molar-refractivity contribution in [3.63, 3.8) is 0 Å². The van der Waals surface area contributed by atoms with Gasteiger partial charge in [0.25, 0.3) is 0 Å². The van der Waals surface area contributed by atoms with Crippen molar-refractivity contribution in [1.29, 1.82) is 0 Å². The molecule has 92 valence electrons. The summed E-state index contributed by atoms with van der Waals surface area (Å²) in [7, 11) is 0. The van der Waals surface area contributed by atoms with E-state index in [0.29, 0.717) is 6.42 Å². The molecule has 1 aliphatic rings. The first-order chi connectivity index (χ1) is 8.06. The fraction of sp³-hybridized carbons (Fsp3) is 0.538. The summed E-state index contributed by atoms with van der Waals surface area (Å²) in [5, 5.41) is 9.01. The number of nitrogens with zero attached hydrogens (tertiary/aromatic N) is 1. The molecule has 0 amide bonds. The van der Waals surface area contributed by atoms with Crippen molar-refractivity contribution in [2.45, 2.75) is 38.6 Å². The maximum absolute atomic E-state index is 11.6. The number of aliphatic carboxylic acids is 1. The summed E-state index contributed by atoms with van der Waals surface area (Å²) in [6.07, 6.45) is 3.21. The van der Waals surface area contributed by atoms with E-state index in [9.17, 15) is 9.59 Å². The Labute approximate surface area is 100 Å². The number of carboxylic acids is 1. The third kappa shape index (κ3) is 2.12. The lowest BCUT2D eigenvalue weighted by atomic mass is 10.1. The van der Waals surface area contributed by atoms with Gasteiger partial charge < -0.3 is 9.67 Å². The Morgan fingerprint density at radius 3 is 2.88 bits per heavy atom. The Morgan fingerprint density at radius 1 is 1.59 bits per heavy atom. The van der Waals surface area contributed by atoms with Gasteiger partial charge in [0.15, 0.2) is 0 Å². The number of carbonyl (C=O) groups is 2. The van der Waals surface area contributed by atoms with E-state index in [1.54, 1.807) is 17.7 Å². The highest BCUT2D eigenvalue weighted by Crippen LogP contribution is 2.49. The molecule has 1 aliphatic carbocycles. The van der Waals surface area contributed by atoms with Crippen molar-refractivity contribution in [3.05, 3.63) is 24.0 Å². The van der Waals surface area contributed by atoms with Crippen LogP contribution >= 0.6 is 0 Å². The highest BCUT2D eigenvalue weighted by atomic mass is 16.4. The van der Waals surface area contributed by atoms with Gasteiger partial charge in [-0.05, 0) is 25.5 Å². The van der Waals surface area contributed by atoms with Crippen LogP contribution in [0, 0.1) is 5.92 Å². The number of hydrogen-bond donors (Lipinski definition) is 1. The van der Waals surface area contributed by atoms with Crippen molar-refractivity contribution in [2.24, 2.45) is 5.92 Å². The Balaban J connectivity index is 2.17. The van der Waals surface area contributed by atoms with Gasteiger partial charge in [0.2, 0.25) is 0 Å². The van der Waals surface area contributed by atoms with Gasteiger partial charge in [-0.15, -0.1) is 0 Å². The maximum atomic E-state index is 11.6. The van der Waals surface area contributed by atoms with Crippen LogP contribution in [-0.4, -0.2) is 21.4 Å². The second-order valence-electron chi connectivity index (χ2n) is 4.62. The quantitative estimate of drug-likeness (QED) is 0.851. The summed E-state index contributed by atoms with van der Waals surface area (Å²) < 4.78 is 1.76. The third-order valence-electron chi connectivity index (χ3n) is 3.52. The van der Waals surface area contributed by atoms with Gasteiger partial charge in [-0.1, -0.05) is 6.92 Å².